The fraction of sp³-hybridized carbons (Fsp3) is 0.786. The number of hydrogen-bond acceptors (Lipinski definition) is 4. The van der Waals surface area contributed by atoms with Crippen molar-refractivity contribution in [1.82, 2.24) is 19.4 Å². The predicted molar refractivity (Wildman–Crippen MR) is 81.3 cm³/mol. The first-order chi connectivity index (χ1) is 10.0. The first-order valence-corrected chi connectivity index (χ1v) is 9.60. The molecule has 1 N–H and O–H groups in total. The number of fused-ring (bicyclic) bond motifs is 1. The first kappa shape index (κ1) is 15.0. The number of aromatic nitrogens is 2. The highest BCUT2D eigenvalue weighted by atomic mass is 32.2. The van der Waals surface area contributed by atoms with Crippen molar-refractivity contribution in [1.29, 1.82) is 0 Å². The molecule has 2 heterocycles. The van der Waals surface area contributed by atoms with Crippen molar-refractivity contribution in [2.24, 2.45) is 5.92 Å². The molecule has 3 rings (SSSR count). The predicted octanol–water partition coefficient (Wildman–Crippen LogP) is 0.979. The third kappa shape index (κ3) is 3.84. The molecule has 1 aromatic rings. The lowest BCUT2D eigenvalue weighted by molar-refractivity contribution is 0.152. The van der Waals surface area contributed by atoms with Crippen molar-refractivity contribution in [3.63, 3.8) is 0 Å². The van der Waals surface area contributed by atoms with Crippen LogP contribution in [-0.2, 0) is 16.6 Å². The molecule has 0 unspecified atom stereocenters. The molecule has 2 aliphatic rings. The molecule has 1 saturated carbocycles. The van der Waals surface area contributed by atoms with E-state index in [1.807, 2.05) is 16.9 Å². The fourth-order valence-electron chi connectivity index (χ4n) is 3.56. The second-order valence-corrected chi connectivity index (χ2v) is 8.22. The van der Waals surface area contributed by atoms with Gasteiger partial charge in [-0.05, 0) is 24.8 Å². The second-order valence-electron chi connectivity index (χ2n) is 6.39. The number of rotatable bonds is 5. The molecular weight excluding hydrogens is 288 g/mol. The summed E-state index contributed by atoms with van der Waals surface area (Å²) in [5.41, 5.74) is 1.18. The maximum absolute atomic E-state index is 11.3. The molecule has 21 heavy (non-hydrogen) atoms. The van der Waals surface area contributed by atoms with Gasteiger partial charge in [0, 0.05) is 32.4 Å². The minimum absolute atomic E-state index is 0.0832. The fourth-order valence-corrected chi connectivity index (χ4v) is 4.06. The Labute approximate surface area is 126 Å². The number of nitrogens with one attached hydrogen (secondary N) is 1. The molecule has 1 fully saturated rings. The zero-order valence-corrected chi connectivity index (χ0v) is 13.3. The van der Waals surface area contributed by atoms with E-state index in [2.05, 4.69) is 14.7 Å². The van der Waals surface area contributed by atoms with Gasteiger partial charge in [0.15, 0.2) is 0 Å². The van der Waals surface area contributed by atoms with Crippen LogP contribution in [0.2, 0.25) is 0 Å². The molecule has 0 bridgehead atoms. The quantitative estimate of drug-likeness (QED) is 0.880. The van der Waals surface area contributed by atoms with Gasteiger partial charge in [-0.2, -0.15) is 5.10 Å². The van der Waals surface area contributed by atoms with Crippen molar-refractivity contribution >= 4 is 10.0 Å². The molecule has 0 amide bonds. The van der Waals surface area contributed by atoms with E-state index in [1.54, 1.807) is 0 Å². The second kappa shape index (κ2) is 6.06. The average Bonchev–Trinajstić information content (AvgIpc) is 3.05. The van der Waals surface area contributed by atoms with Crippen LogP contribution >= 0.6 is 0 Å². The zero-order chi connectivity index (χ0) is 14.9. The van der Waals surface area contributed by atoms with Crippen LogP contribution < -0.4 is 4.72 Å². The van der Waals surface area contributed by atoms with Gasteiger partial charge in [0.25, 0.3) is 0 Å². The topological polar surface area (TPSA) is 67.2 Å². The van der Waals surface area contributed by atoms with Crippen LogP contribution in [0.15, 0.2) is 12.3 Å². The van der Waals surface area contributed by atoms with Gasteiger partial charge >= 0.3 is 0 Å². The summed E-state index contributed by atoms with van der Waals surface area (Å²) in [5.74, 6) is 0.808. The summed E-state index contributed by atoms with van der Waals surface area (Å²) in [6.45, 7) is 3.33. The number of sulfonamides is 1. The molecule has 1 aromatic heterocycles. The molecule has 6 nitrogen and oxygen atoms in total. The number of hydrogen-bond donors (Lipinski definition) is 1. The minimum Gasteiger partial charge on any atom is -0.295 e. The highest BCUT2D eigenvalue weighted by Gasteiger charge is 2.28. The van der Waals surface area contributed by atoms with Crippen molar-refractivity contribution in [3.05, 3.63) is 18.0 Å². The Morgan fingerprint density at radius 3 is 2.86 bits per heavy atom. The number of nitrogens with zero attached hydrogens (tertiary/aromatic N) is 3. The summed E-state index contributed by atoms with van der Waals surface area (Å²) in [6, 6.07) is 2.12. The van der Waals surface area contributed by atoms with Crippen LogP contribution in [-0.4, -0.2) is 49.0 Å². The smallest absolute Gasteiger partial charge is 0.208 e. The van der Waals surface area contributed by atoms with E-state index in [9.17, 15) is 8.42 Å². The Balaban J connectivity index is 1.67. The van der Waals surface area contributed by atoms with E-state index in [4.69, 9.17) is 0 Å². The molecule has 7 heteroatoms. The van der Waals surface area contributed by atoms with E-state index in [1.165, 1.54) is 37.6 Å². The van der Waals surface area contributed by atoms with Gasteiger partial charge in [0.1, 0.15) is 0 Å². The highest BCUT2D eigenvalue weighted by Crippen LogP contribution is 2.28. The molecule has 1 aliphatic heterocycles. The third-order valence-electron chi connectivity index (χ3n) is 4.52. The van der Waals surface area contributed by atoms with Crippen molar-refractivity contribution in [2.45, 2.75) is 38.3 Å². The lowest BCUT2D eigenvalue weighted by atomic mass is 10.1. The van der Waals surface area contributed by atoms with E-state index in [-0.39, 0.29) is 6.04 Å². The minimum atomic E-state index is -3.16. The van der Waals surface area contributed by atoms with Crippen LogP contribution in [0.25, 0.3) is 0 Å². The molecule has 1 atom stereocenters. The van der Waals surface area contributed by atoms with Crippen molar-refractivity contribution in [3.8, 4) is 0 Å². The molecule has 0 spiro atoms. The molecule has 0 radical (unpaired) electrons. The SMILES string of the molecule is CS(=O)(=O)NC[C@@H]1CN(CC2CCCC2)Cc2ccnn21. The maximum Gasteiger partial charge on any atom is 0.208 e. The monoisotopic (exact) mass is 312 g/mol. The van der Waals surface area contributed by atoms with Crippen molar-refractivity contribution in [2.75, 3.05) is 25.9 Å². The average molecular weight is 312 g/mol. The Morgan fingerprint density at radius 1 is 1.38 bits per heavy atom. The third-order valence-corrected chi connectivity index (χ3v) is 5.22. The van der Waals surface area contributed by atoms with E-state index < -0.39 is 10.0 Å². The van der Waals surface area contributed by atoms with Crippen LogP contribution in [0.1, 0.15) is 37.4 Å². The van der Waals surface area contributed by atoms with Crippen molar-refractivity contribution < 1.29 is 8.42 Å². The molecule has 0 saturated heterocycles. The van der Waals surface area contributed by atoms with Gasteiger partial charge < -0.3 is 0 Å². The summed E-state index contributed by atoms with van der Waals surface area (Å²) in [4.78, 5) is 2.46. The summed E-state index contributed by atoms with van der Waals surface area (Å²) >= 11 is 0. The largest absolute Gasteiger partial charge is 0.295 e. The molecular formula is C14H24N4O2S. The van der Waals surface area contributed by atoms with Crippen LogP contribution in [0.4, 0.5) is 0 Å². The standard InChI is InChI=1S/C14H24N4O2S/c1-21(19,20)16-8-14-11-17(9-12-4-2-3-5-12)10-13-6-7-15-18(13)14/h6-7,12,14,16H,2-5,8-11H2,1H3/t14-/m1/s1. The van der Waals surface area contributed by atoms with E-state index in [0.29, 0.717) is 6.54 Å². The first-order valence-electron chi connectivity index (χ1n) is 7.70. The Bertz CT molecular complexity index is 578. The van der Waals surface area contributed by atoms with Gasteiger partial charge in [0.2, 0.25) is 10.0 Å². The highest BCUT2D eigenvalue weighted by molar-refractivity contribution is 7.88. The summed E-state index contributed by atoms with van der Waals surface area (Å²) in [5, 5.41) is 4.36. The Kier molecular flexibility index (Phi) is 4.33. The van der Waals surface area contributed by atoms with Crippen LogP contribution in [0.5, 0.6) is 0 Å². The lowest BCUT2D eigenvalue weighted by Gasteiger charge is -2.35. The van der Waals surface area contributed by atoms with Crippen LogP contribution in [0, 0.1) is 5.92 Å². The normalized spacial score (nSPS) is 24.3. The Morgan fingerprint density at radius 2 is 2.14 bits per heavy atom. The van der Waals surface area contributed by atoms with Gasteiger partial charge in [0.05, 0.1) is 18.0 Å². The zero-order valence-electron chi connectivity index (χ0n) is 12.5. The van der Waals surface area contributed by atoms with E-state index >= 15 is 0 Å². The van der Waals surface area contributed by atoms with Gasteiger partial charge in [-0.25, -0.2) is 13.1 Å². The molecule has 0 aromatic carbocycles. The lowest BCUT2D eigenvalue weighted by Crippen LogP contribution is -2.44. The summed E-state index contributed by atoms with van der Waals surface area (Å²) in [6.07, 6.45) is 8.40. The maximum atomic E-state index is 11.3. The summed E-state index contributed by atoms with van der Waals surface area (Å²) in [7, 11) is -3.16. The van der Waals surface area contributed by atoms with Gasteiger partial charge in [-0.3, -0.25) is 9.58 Å². The summed E-state index contributed by atoms with van der Waals surface area (Å²) < 4.78 is 27.3. The van der Waals surface area contributed by atoms with Gasteiger partial charge in [-0.1, -0.05) is 12.8 Å². The van der Waals surface area contributed by atoms with Gasteiger partial charge in [-0.15, -0.1) is 0 Å². The molecule has 1 aliphatic carbocycles. The van der Waals surface area contributed by atoms with E-state index in [0.717, 1.165) is 25.6 Å². The Hall–Kier alpha value is -0.920. The molecule has 118 valence electrons. The van der Waals surface area contributed by atoms with Crippen LogP contribution in [0.3, 0.4) is 0 Å².